The number of carbonyl (C=O) groups is 1. The maximum absolute atomic E-state index is 11.1. The zero-order valence-electron chi connectivity index (χ0n) is 10.5. The van der Waals surface area contributed by atoms with E-state index in [2.05, 4.69) is 0 Å². The molecule has 1 atom stereocenters. The van der Waals surface area contributed by atoms with E-state index in [9.17, 15) is 4.79 Å². The van der Waals surface area contributed by atoms with Crippen molar-refractivity contribution in [2.45, 2.75) is 32.8 Å². The zero-order valence-corrected chi connectivity index (χ0v) is 11.3. The summed E-state index contributed by atoms with van der Waals surface area (Å²) in [7, 11) is 1.59. The lowest BCUT2D eigenvalue weighted by molar-refractivity contribution is 0.0681. The molecular weight excluding hydrogens is 240 g/mol. The average Bonchev–Trinajstić information content (AvgIpc) is 2.62. The molecule has 0 amide bonds. The molecule has 96 valence electrons. The summed E-state index contributed by atoms with van der Waals surface area (Å²) in [5, 5.41) is 9.10. The second-order valence-electron chi connectivity index (χ2n) is 4.19. The van der Waals surface area contributed by atoms with E-state index in [1.54, 1.807) is 7.11 Å². The number of ether oxygens (including phenoxy) is 2. The van der Waals surface area contributed by atoms with Gasteiger partial charge in [-0.15, -0.1) is 11.3 Å². The van der Waals surface area contributed by atoms with Crippen LogP contribution in [0, 0.1) is 0 Å². The van der Waals surface area contributed by atoms with E-state index in [1.165, 1.54) is 11.3 Å². The Morgan fingerprint density at radius 3 is 2.59 bits per heavy atom. The number of hydrogen-bond donors (Lipinski definition) is 1. The van der Waals surface area contributed by atoms with Crippen molar-refractivity contribution in [1.82, 2.24) is 0 Å². The van der Waals surface area contributed by atoms with Crippen LogP contribution in [-0.2, 0) is 4.74 Å². The quantitative estimate of drug-likeness (QED) is 0.852. The second-order valence-corrected chi connectivity index (χ2v) is 5.27. The molecule has 0 spiro atoms. The molecule has 0 aliphatic carbocycles. The van der Waals surface area contributed by atoms with Crippen LogP contribution in [0.15, 0.2) is 6.07 Å². The summed E-state index contributed by atoms with van der Waals surface area (Å²) in [5.41, 5.74) is 0. The number of hydrogen-bond acceptors (Lipinski definition) is 4. The molecule has 1 heterocycles. The van der Waals surface area contributed by atoms with E-state index in [0.29, 0.717) is 18.3 Å². The van der Waals surface area contributed by atoms with Gasteiger partial charge >= 0.3 is 5.97 Å². The smallest absolute Gasteiger partial charge is 0.349 e. The third-order valence-electron chi connectivity index (χ3n) is 2.21. The van der Waals surface area contributed by atoms with E-state index in [0.717, 1.165) is 4.88 Å². The Hall–Kier alpha value is -1.07. The molecule has 0 fully saturated rings. The third-order valence-corrected chi connectivity index (χ3v) is 3.61. The highest BCUT2D eigenvalue weighted by Gasteiger charge is 2.19. The predicted octanol–water partition coefficient (Wildman–Crippen LogP) is 2.98. The van der Waals surface area contributed by atoms with Crippen molar-refractivity contribution >= 4 is 17.3 Å². The number of thiophene rings is 1. The Morgan fingerprint density at radius 1 is 1.47 bits per heavy atom. The van der Waals surface area contributed by atoms with Crippen LogP contribution < -0.4 is 4.74 Å². The molecule has 0 bridgehead atoms. The molecule has 1 rings (SSSR count). The minimum Gasteiger partial charge on any atom is -0.487 e. The standard InChI is InChI=1S/C12H18O4S/c1-7(2)10-5-9(11(17-10)12(13)14)16-8(3)6-15-4/h5,7-8H,6H2,1-4H3,(H,13,14). The Kier molecular flexibility index (Phi) is 4.96. The van der Waals surface area contributed by atoms with Crippen LogP contribution in [0.1, 0.15) is 41.2 Å². The topological polar surface area (TPSA) is 55.8 Å². The SMILES string of the molecule is COCC(C)Oc1cc(C(C)C)sc1C(=O)O. The van der Waals surface area contributed by atoms with Gasteiger partial charge in [0.2, 0.25) is 0 Å². The fraction of sp³-hybridized carbons (Fsp3) is 0.583. The van der Waals surface area contributed by atoms with Crippen LogP contribution in [-0.4, -0.2) is 30.9 Å². The van der Waals surface area contributed by atoms with Gasteiger partial charge in [-0.25, -0.2) is 4.79 Å². The highest BCUT2D eigenvalue weighted by atomic mass is 32.1. The fourth-order valence-corrected chi connectivity index (χ4v) is 2.33. The summed E-state index contributed by atoms with van der Waals surface area (Å²) < 4.78 is 10.5. The molecule has 1 unspecified atom stereocenters. The van der Waals surface area contributed by atoms with Crippen molar-refractivity contribution < 1.29 is 19.4 Å². The molecule has 0 radical (unpaired) electrons. The van der Waals surface area contributed by atoms with Gasteiger partial charge < -0.3 is 14.6 Å². The van der Waals surface area contributed by atoms with Gasteiger partial charge in [-0.2, -0.15) is 0 Å². The molecule has 0 aliphatic heterocycles. The minimum atomic E-state index is -0.943. The lowest BCUT2D eigenvalue weighted by Gasteiger charge is -2.12. The minimum absolute atomic E-state index is 0.160. The van der Waals surface area contributed by atoms with E-state index in [4.69, 9.17) is 14.6 Å². The van der Waals surface area contributed by atoms with Crippen LogP contribution in [0.3, 0.4) is 0 Å². The first-order chi connectivity index (χ1) is 7.95. The first kappa shape index (κ1) is 14.0. The van der Waals surface area contributed by atoms with Gasteiger partial charge in [0.1, 0.15) is 11.9 Å². The van der Waals surface area contributed by atoms with Gasteiger partial charge in [-0.1, -0.05) is 13.8 Å². The Morgan fingerprint density at radius 2 is 2.12 bits per heavy atom. The van der Waals surface area contributed by atoms with Crippen molar-refractivity contribution in [2.24, 2.45) is 0 Å². The first-order valence-electron chi connectivity index (χ1n) is 5.48. The van der Waals surface area contributed by atoms with Crippen molar-refractivity contribution in [1.29, 1.82) is 0 Å². The maximum atomic E-state index is 11.1. The van der Waals surface area contributed by atoms with Crippen molar-refractivity contribution in [3.8, 4) is 5.75 Å². The van der Waals surface area contributed by atoms with E-state index in [-0.39, 0.29) is 11.0 Å². The van der Waals surface area contributed by atoms with Gasteiger partial charge in [0.25, 0.3) is 0 Å². The monoisotopic (exact) mass is 258 g/mol. The molecule has 1 aromatic heterocycles. The fourth-order valence-electron chi connectivity index (χ4n) is 1.40. The summed E-state index contributed by atoms with van der Waals surface area (Å²) in [6, 6.07) is 1.81. The molecule has 0 aromatic carbocycles. The number of rotatable bonds is 6. The van der Waals surface area contributed by atoms with Crippen LogP contribution in [0.2, 0.25) is 0 Å². The number of carboxylic acid groups (broad SMARTS) is 1. The Balaban J connectivity index is 2.92. The van der Waals surface area contributed by atoms with Crippen LogP contribution in [0.5, 0.6) is 5.75 Å². The summed E-state index contributed by atoms with van der Waals surface area (Å²) in [4.78, 5) is 12.4. The Bertz CT molecular complexity index is 384. The highest BCUT2D eigenvalue weighted by Crippen LogP contribution is 2.34. The summed E-state index contributed by atoms with van der Waals surface area (Å²) >= 11 is 1.27. The molecule has 0 aliphatic rings. The highest BCUT2D eigenvalue weighted by molar-refractivity contribution is 7.14. The summed E-state index contributed by atoms with van der Waals surface area (Å²) in [5.74, 6) is -0.203. The Labute approximate surface area is 105 Å². The third kappa shape index (κ3) is 3.71. The van der Waals surface area contributed by atoms with Gasteiger partial charge in [0.15, 0.2) is 4.88 Å². The van der Waals surface area contributed by atoms with Gasteiger partial charge in [-0.3, -0.25) is 0 Å². The van der Waals surface area contributed by atoms with E-state index < -0.39 is 5.97 Å². The summed E-state index contributed by atoms with van der Waals surface area (Å²) in [6.45, 7) is 6.34. The molecule has 0 saturated carbocycles. The van der Waals surface area contributed by atoms with E-state index >= 15 is 0 Å². The molecule has 5 heteroatoms. The van der Waals surface area contributed by atoms with Crippen LogP contribution >= 0.6 is 11.3 Å². The van der Waals surface area contributed by atoms with Crippen molar-refractivity contribution in [3.05, 3.63) is 15.8 Å². The molecule has 1 N–H and O–H groups in total. The average molecular weight is 258 g/mol. The number of carboxylic acids is 1. The number of methoxy groups -OCH3 is 1. The molecule has 0 saturated heterocycles. The van der Waals surface area contributed by atoms with Crippen molar-refractivity contribution in [2.75, 3.05) is 13.7 Å². The van der Waals surface area contributed by atoms with Gasteiger partial charge in [-0.05, 0) is 18.9 Å². The second kappa shape index (κ2) is 6.02. The zero-order chi connectivity index (χ0) is 13.0. The molecule has 1 aromatic rings. The van der Waals surface area contributed by atoms with Crippen molar-refractivity contribution in [3.63, 3.8) is 0 Å². The predicted molar refractivity (Wildman–Crippen MR) is 67.3 cm³/mol. The van der Waals surface area contributed by atoms with Gasteiger partial charge in [0.05, 0.1) is 6.61 Å². The number of aromatic carboxylic acids is 1. The van der Waals surface area contributed by atoms with Gasteiger partial charge in [0, 0.05) is 12.0 Å². The maximum Gasteiger partial charge on any atom is 0.349 e. The van der Waals surface area contributed by atoms with E-state index in [1.807, 2.05) is 26.8 Å². The molecular formula is C12H18O4S. The first-order valence-corrected chi connectivity index (χ1v) is 6.30. The van der Waals surface area contributed by atoms with Crippen LogP contribution in [0.25, 0.3) is 0 Å². The summed E-state index contributed by atoms with van der Waals surface area (Å²) in [6.07, 6.45) is -0.160. The lowest BCUT2D eigenvalue weighted by Crippen LogP contribution is -2.18. The normalized spacial score (nSPS) is 12.8. The molecule has 4 nitrogen and oxygen atoms in total. The molecule has 17 heavy (non-hydrogen) atoms. The largest absolute Gasteiger partial charge is 0.487 e. The lowest BCUT2D eigenvalue weighted by atomic mass is 10.2. The van der Waals surface area contributed by atoms with Crippen LogP contribution in [0.4, 0.5) is 0 Å².